The fourth-order valence-electron chi connectivity index (χ4n) is 2.24. The van der Waals surface area contributed by atoms with Gasteiger partial charge >= 0.3 is 0 Å². The van der Waals surface area contributed by atoms with Gasteiger partial charge in [-0.15, -0.1) is 0 Å². The molecule has 19 heavy (non-hydrogen) atoms. The molecule has 0 aromatic carbocycles. The Morgan fingerprint density at radius 3 is 2.79 bits per heavy atom. The van der Waals surface area contributed by atoms with E-state index < -0.39 is 0 Å². The third-order valence-corrected chi connectivity index (χ3v) is 3.89. The molecular weight excluding hydrogens is 235 g/mol. The molecular formula is C15H23BN2O. The highest BCUT2D eigenvalue weighted by molar-refractivity contribution is 6.21. The zero-order chi connectivity index (χ0) is 14.0. The number of nitrogens with one attached hydrogen (secondary N) is 1. The normalized spacial score (nSPS) is 20.5. The van der Waals surface area contributed by atoms with Gasteiger partial charge in [0.1, 0.15) is 5.78 Å². The Morgan fingerprint density at radius 1 is 1.53 bits per heavy atom. The Balaban J connectivity index is 2.17. The number of hydrogen-bond donors (Lipinski definition) is 1. The van der Waals surface area contributed by atoms with Crippen molar-refractivity contribution in [3.05, 3.63) is 35.2 Å². The number of allylic oxidation sites excluding steroid dienone is 3. The summed E-state index contributed by atoms with van der Waals surface area (Å²) < 4.78 is 0. The van der Waals surface area contributed by atoms with Crippen molar-refractivity contribution in [1.29, 1.82) is 0 Å². The van der Waals surface area contributed by atoms with Gasteiger partial charge in [-0.25, -0.2) is 0 Å². The Morgan fingerprint density at radius 2 is 2.21 bits per heavy atom. The topological polar surface area (TPSA) is 32.3 Å². The molecule has 1 fully saturated rings. The second-order valence-corrected chi connectivity index (χ2v) is 5.77. The van der Waals surface area contributed by atoms with Gasteiger partial charge in [-0.05, 0) is 37.9 Å². The average Bonchev–Trinajstić information content (AvgIpc) is 3.18. The van der Waals surface area contributed by atoms with Gasteiger partial charge in [0.05, 0.1) is 5.70 Å². The van der Waals surface area contributed by atoms with E-state index in [0.717, 1.165) is 12.1 Å². The van der Waals surface area contributed by atoms with Crippen molar-refractivity contribution >= 4 is 13.6 Å². The molecule has 4 heteroatoms. The molecule has 0 radical (unpaired) electrons. The number of Topliss-reactive ketones (excluding diaryl/α,β-unsaturated/α-hetero) is 1. The summed E-state index contributed by atoms with van der Waals surface area (Å²) in [6.45, 7) is 6.66. The summed E-state index contributed by atoms with van der Waals surface area (Å²) in [5, 5.41) is 3.31. The van der Waals surface area contributed by atoms with Gasteiger partial charge < -0.3 is 10.2 Å². The molecule has 1 heterocycles. The van der Waals surface area contributed by atoms with E-state index >= 15 is 0 Å². The van der Waals surface area contributed by atoms with Gasteiger partial charge in [0, 0.05) is 24.7 Å². The van der Waals surface area contributed by atoms with Crippen molar-refractivity contribution in [3.8, 4) is 0 Å². The summed E-state index contributed by atoms with van der Waals surface area (Å²) in [7, 11) is 2.06. The minimum Gasteiger partial charge on any atom is -0.372 e. The molecule has 0 bridgehead atoms. The van der Waals surface area contributed by atoms with E-state index in [1.54, 1.807) is 6.92 Å². The highest BCUT2D eigenvalue weighted by Crippen LogP contribution is 2.33. The summed E-state index contributed by atoms with van der Waals surface area (Å²) in [6.07, 6.45) is 8.80. The summed E-state index contributed by atoms with van der Waals surface area (Å²) in [5.41, 5.74) is 3.63. The van der Waals surface area contributed by atoms with Crippen LogP contribution in [0.3, 0.4) is 0 Å². The van der Waals surface area contributed by atoms with E-state index in [1.165, 1.54) is 24.1 Å². The number of nitrogens with zero attached hydrogens (tertiary/aromatic N) is 1. The van der Waals surface area contributed by atoms with Crippen LogP contribution in [0.25, 0.3) is 0 Å². The summed E-state index contributed by atoms with van der Waals surface area (Å²) >= 11 is 0. The highest BCUT2D eigenvalue weighted by Gasteiger charge is 2.32. The van der Waals surface area contributed by atoms with Crippen LogP contribution in [0, 0.1) is 5.92 Å². The Labute approximate surface area is 116 Å². The minimum atomic E-state index is 0.0895. The van der Waals surface area contributed by atoms with E-state index in [0.29, 0.717) is 6.04 Å². The maximum absolute atomic E-state index is 11.5. The van der Waals surface area contributed by atoms with Crippen molar-refractivity contribution in [2.45, 2.75) is 39.7 Å². The maximum atomic E-state index is 11.5. The van der Waals surface area contributed by atoms with Crippen LogP contribution < -0.4 is 5.32 Å². The average molecular weight is 258 g/mol. The largest absolute Gasteiger partial charge is 0.372 e. The molecule has 1 aliphatic heterocycles. The van der Waals surface area contributed by atoms with Crippen LogP contribution in [-0.2, 0) is 4.79 Å². The zero-order valence-electron chi connectivity index (χ0n) is 12.4. The lowest BCUT2D eigenvalue weighted by molar-refractivity contribution is -0.120. The third kappa shape index (κ3) is 3.52. The van der Waals surface area contributed by atoms with Gasteiger partial charge in [-0.2, -0.15) is 0 Å². The molecule has 0 aromatic rings. The minimum absolute atomic E-state index is 0.0895. The van der Waals surface area contributed by atoms with Crippen LogP contribution in [-0.4, -0.2) is 31.1 Å². The number of rotatable bonds is 5. The van der Waals surface area contributed by atoms with Gasteiger partial charge in [-0.3, -0.25) is 4.79 Å². The van der Waals surface area contributed by atoms with Crippen molar-refractivity contribution in [3.63, 3.8) is 0 Å². The Hall–Kier alpha value is -1.45. The second-order valence-electron chi connectivity index (χ2n) is 5.77. The van der Waals surface area contributed by atoms with Gasteiger partial charge in [-0.1, -0.05) is 19.1 Å². The molecule has 1 atom stereocenters. The van der Waals surface area contributed by atoms with Gasteiger partial charge in [0.2, 0.25) is 0 Å². The fraction of sp³-hybridized carbons (Fsp3) is 0.533. The van der Waals surface area contributed by atoms with Crippen molar-refractivity contribution in [2.24, 2.45) is 5.92 Å². The molecule has 0 amide bonds. The third-order valence-electron chi connectivity index (χ3n) is 3.89. The lowest BCUT2D eigenvalue weighted by Gasteiger charge is -2.30. The SMILES string of the molecule is BC1=CC=C(C)C(N(CC(C)C(C)=O)C2CC2)=CN1. The Kier molecular flexibility index (Phi) is 4.18. The van der Waals surface area contributed by atoms with Crippen molar-refractivity contribution in [2.75, 3.05) is 6.54 Å². The van der Waals surface area contributed by atoms with Crippen LogP contribution in [0.5, 0.6) is 0 Å². The molecule has 2 rings (SSSR count). The molecule has 102 valence electrons. The van der Waals surface area contributed by atoms with E-state index in [2.05, 4.69) is 43.3 Å². The summed E-state index contributed by atoms with van der Waals surface area (Å²) in [5.74, 6) is 0.357. The molecule has 1 saturated carbocycles. The number of ketones is 1. The van der Waals surface area contributed by atoms with E-state index in [4.69, 9.17) is 0 Å². The van der Waals surface area contributed by atoms with Crippen molar-refractivity contribution < 1.29 is 4.79 Å². The van der Waals surface area contributed by atoms with E-state index in [-0.39, 0.29) is 11.7 Å². The van der Waals surface area contributed by atoms with Crippen LogP contribution in [0.2, 0.25) is 0 Å². The Bertz CT molecular complexity index is 461. The zero-order valence-corrected chi connectivity index (χ0v) is 12.4. The van der Waals surface area contributed by atoms with Crippen LogP contribution >= 0.6 is 0 Å². The quantitative estimate of drug-likeness (QED) is 0.759. The van der Waals surface area contributed by atoms with Gasteiger partial charge in [0.15, 0.2) is 7.85 Å². The monoisotopic (exact) mass is 258 g/mol. The predicted octanol–water partition coefficient (Wildman–Crippen LogP) is 1.54. The second kappa shape index (κ2) is 5.68. The summed E-state index contributed by atoms with van der Waals surface area (Å²) in [4.78, 5) is 13.9. The first kappa shape index (κ1) is 14.0. The highest BCUT2D eigenvalue weighted by atomic mass is 16.1. The predicted molar refractivity (Wildman–Crippen MR) is 81.2 cm³/mol. The lowest BCUT2D eigenvalue weighted by atomic mass is 10.0. The molecule has 1 unspecified atom stereocenters. The van der Waals surface area contributed by atoms with Crippen molar-refractivity contribution in [1.82, 2.24) is 10.2 Å². The fourth-order valence-corrected chi connectivity index (χ4v) is 2.24. The van der Waals surface area contributed by atoms with E-state index in [9.17, 15) is 4.79 Å². The number of carbonyl (C=O) groups excluding carboxylic acids is 1. The maximum Gasteiger partial charge on any atom is 0.160 e. The standard InChI is InChI=1S/C15H23BN2O/c1-10-4-7-15(16)17-8-14(10)18(13-5-6-13)9-11(2)12(3)19/h4,7-8,11,13,17H,5-6,9,16H2,1-3H3. The summed E-state index contributed by atoms with van der Waals surface area (Å²) in [6, 6.07) is 0.608. The molecule has 3 nitrogen and oxygen atoms in total. The lowest BCUT2D eigenvalue weighted by Crippen LogP contribution is -2.33. The number of carbonyl (C=O) groups is 1. The first-order chi connectivity index (χ1) is 8.99. The molecule has 0 spiro atoms. The molecule has 1 aliphatic carbocycles. The molecule has 0 aromatic heterocycles. The van der Waals surface area contributed by atoms with Crippen LogP contribution in [0.15, 0.2) is 35.2 Å². The molecule has 1 N–H and O–H groups in total. The molecule has 0 saturated heterocycles. The first-order valence-corrected chi connectivity index (χ1v) is 7.08. The number of hydrogen-bond acceptors (Lipinski definition) is 3. The first-order valence-electron chi connectivity index (χ1n) is 7.08. The van der Waals surface area contributed by atoms with Gasteiger partial charge in [0.25, 0.3) is 0 Å². The smallest absolute Gasteiger partial charge is 0.160 e. The molecule has 2 aliphatic rings. The van der Waals surface area contributed by atoms with Crippen LogP contribution in [0.1, 0.15) is 33.6 Å². The van der Waals surface area contributed by atoms with E-state index in [1.807, 2.05) is 6.92 Å². The van der Waals surface area contributed by atoms with Crippen LogP contribution in [0.4, 0.5) is 0 Å².